The first-order valence-electron chi connectivity index (χ1n) is 10.5. The summed E-state index contributed by atoms with van der Waals surface area (Å²) < 4.78 is 23.1. The summed E-state index contributed by atoms with van der Waals surface area (Å²) in [4.78, 5) is 7.48. The average molecular weight is 435 g/mol. The van der Waals surface area contributed by atoms with Crippen molar-refractivity contribution >= 4 is 15.8 Å². The van der Waals surface area contributed by atoms with E-state index in [9.17, 15) is 8.42 Å². The van der Waals surface area contributed by atoms with E-state index in [0.29, 0.717) is 29.9 Å². The van der Waals surface area contributed by atoms with Gasteiger partial charge >= 0.3 is 0 Å². The van der Waals surface area contributed by atoms with Crippen LogP contribution in [-0.4, -0.2) is 64.3 Å². The van der Waals surface area contributed by atoms with Crippen molar-refractivity contribution in [2.45, 2.75) is 38.1 Å². The van der Waals surface area contributed by atoms with E-state index in [1.54, 1.807) is 12.1 Å². The van der Waals surface area contributed by atoms with Gasteiger partial charge in [0, 0.05) is 38.5 Å². The maximum atomic E-state index is 11.6. The van der Waals surface area contributed by atoms with Gasteiger partial charge in [0.1, 0.15) is 0 Å². The molecule has 0 saturated carbocycles. The number of hydrogen-bond acceptors (Lipinski definition) is 4. The minimum absolute atomic E-state index is 0.292. The Hall–Kier alpha value is -2.12. The zero-order chi connectivity index (χ0) is 22.6. The first-order chi connectivity index (χ1) is 14.2. The number of nitrogens with one attached hydrogen (secondary N) is 2. The lowest BCUT2D eigenvalue weighted by Crippen LogP contribution is -2.43. The highest BCUT2D eigenvalue weighted by Gasteiger charge is 2.20. The zero-order valence-electron chi connectivity index (χ0n) is 18.9. The van der Waals surface area contributed by atoms with Crippen LogP contribution in [0.3, 0.4) is 0 Å². The fourth-order valence-corrected chi connectivity index (χ4v) is 3.81. The molecule has 168 valence electrons. The van der Waals surface area contributed by atoms with Crippen molar-refractivity contribution < 1.29 is 8.42 Å². The monoisotopic (exact) mass is 434 g/mol. The lowest BCUT2D eigenvalue weighted by molar-refractivity contribution is 0.195. The van der Waals surface area contributed by atoms with Crippen LogP contribution >= 0.6 is 0 Å². The van der Waals surface area contributed by atoms with Crippen molar-refractivity contribution in [3.8, 4) is 0 Å². The summed E-state index contributed by atoms with van der Waals surface area (Å²) in [6.07, 6.45) is 5.84. The van der Waals surface area contributed by atoms with Gasteiger partial charge in [-0.25, -0.2) is 8.42 Å². The largest absolute Gasteiger partial charge is 0.357 e. The highest BCUT2D eigenvalue weighted by atomic mass is 32.2. The molecule has 2 N–H and O–H groups in total. The van der Waals surface area contributed by atoms with E-state index in [1.807, 2.05) is 31.2 Å². The third kappa shape index (κ3) is 9.13. The second-order valence-corrected chi connectivity index (χ2v) is 9.67. The Balaban J connectivity index is 2.74. The molecule has 0 amide bonds. The molecule has 1 unspecified atom stereocenters. The molecule has 0 aliphatic rings. The van der Waals surface area contributed by atoms with Crippen LogP contribution in [0.1, 0.15) is 26.3 Å². The Morgan fingerprint density at radius 3 is 2.20 bits per heavy atom. The van der Waals surface area contributed by atoms with Gasteiger partial charge in [0.25, 0.3) is 0 Å². The molecule has 0 spiro atoms. The summed E-state index contributed by atoms with van der Waals surface area (Å²) >= 11 is 0. The third-order valence-electron chi connectivity index (χ3n) is 4.80. The van der Waals surface area contributed by atoms with E-state index in [1.165, 1.54) is 6.26 Å². The van der Waals surface area contributed by atoms with Crippen molar-refractivity contribution in [3.05, 3.63) is 55.1 Å². The minimum atomic E-state index is -3.16. The number of benzene rings is 1. The molecule has 6 nitrogen and oxygen atoms in total. The molecule has 1 rings (SSSR count). The standard InChI is InChI=1S/C23H38N4O2S/c1-7-16-27(17-8-2)22(19(4)5)18-26-23(24-9-3)25-15-14-20-10-12-21(13-11-20)30(6,28)29/h7-8,10-13,19,22H,1-2,9,14-18H2,3-6H3,(H2,24,25,26). The minimum Gasteiger partial charge on any atom is -0.357 e. The number of sulfone groups is 1. The van der Waals surface area contributed by atoms with Crippen molar-refractivity contribution in [3.63, 3.8) is 0 Å². The Labute approximate surface area is 183 Å². The summed E-state index contributed by atoms with van der Waals surface area (Å²) in [5.41, 5.74) is 1.08. The fourth-order valence-electron chi connectivity index (χ4n) is 3.18. The molecule has 1 atom stereocenters. The number of aliphatic imine (C=N–C) groups is 1. The molecule has 30 heavy (non-hydrogen) atoms. The first kappa shape index (κ1) is 25.9. The second-order valence-electron chi connectivity index (χ2n) is 7.66. The molecule has 0 aliphatic heterocycles. The highest BCUT2D eigenvalue weighted by Crippen LogP contribution is 2.12. The molecule has 0 aromatic heterocycles. The first-order valence-corrected chi connectivity index (χ1v) is 12.4. The van der Waals surface area contributed by atoms with Crippen molar-refractivity contribution in [1.29, 1.82) is 0 Å². The Morgan fingerprint density at radius 1 is 1.13 bits per heavy atom. The average Bonchev–Trinajstić information content (AvgIpc) is 2.68. The van der Waals surface area contributed by atoms with Crippen LogP contribution in [0.25, 0.3) is 0 Å². The number of guanidine groups is 1. The van der Waals surface area contributed by atoms with Crippen LogP contribution in [0.5, 0.6) is 0 Å². The predicted molar refractivity (Wildman–Crippen MR) is 128 cm³/mol. The lowest BCUT2D eigenvalue weighted by atomic mass is 10.0. The number of nitrogens with zero attached hydrogens (tertiary/aromatic N) is 2. The van der Waals surface area contributed by atoms with Crippen LogP contribution in [0.2, 0.25) is 0 Å². The summed E-state index contributed by atoms with van der Waals surface area (Å²) in [6.45, 7) is 18.0. The van der Waals surface area contributed by atoms with Crippen LogP contribution in [-0.2, 0) is 16.3 Å². The van der Waals surface area contributed by atoms with Crippen molar-refractivity contribution in [2.24, 2.45) is 10.9 Å². The molecule has 0 heterocycles. The van der Waals surface area contributed by atoms with E-state index < -0.39 is 9.84 Å². The maximum Gasteiger partial charge on any atom is 0.191 e. The molecular weight excluding hydrogens is 396 g/mol. The summed E-state index contributed by atoms with van der Waals surface area (Å²) in [6, 6.07) is 7.33. The second kappa shape index (κ2) is 13.2. The molecule has 1 aromatic carbocycles. The molecule has 1 aromatic rings. The van der Waals surface area contributed by atoms with Gasteiger partial charge in [-0.2, -0.15) is 0 Å². The van der Waals surface area contributed by atoms with Crippen LogP contribution < -0.4 is 10.6 Å². The van der Waals surface area contributed by atoms with E-state index in [-0.39, 0.29) is 0 Å². The Kier molecular flexibility index (Phi) is 11.4. The molecule has 0 saturated heterocycles. The van der Waals surface area contributed by atoms with Gasteiger partial charge in [-0.3, -0.25) is 9.89 Å². The summed E-state index contributed by atoms with van der Waals surface area (Å²) in [7, 11) is -3.16. The highest BCUT2D eigenvalue weighted by molar-refractivity contribution is 7.90. The molecule has 0 aliphatic carbocycles. The van der Waals surface area contributed by atoms with E-state index in [2.05, 4.69) is 42.5 Å². The quantitative estimate of drug-likeness (QED) is 0.284. The van der Waals surface area contributed by atoms with Gasteiger partial charge in [-0.1, -0.05) is 38.1 Å². The van der Waals surface area contributed by atoms with Crippen LogP contribution in [0.15, 0.2) is 59.5 Å². The predicted octanol–water partition coefficient (Wildman–Crippen LogP) is 2.89. The zero-order valence-corrected chi connectivity index (χ0v) is 19.7. The SMILES string of the molecule is C=CCN(CC=C)C(CN=C(NCC)NCCc1ccc(S(C)(=O)=O)cc1)C(C)C. The molecule has 7 heteroatoms. The summed E-state index contributed by atoms with van der Waals surface area (Å²) in [5, 5.41) is 6.67. The van der Waals surface area contributed by atoms with Gasteiger partial charge in [0.15, 0.2) is 15.8 Å². The lowest BCUT2D eigenvalue weighted by Gasteiger charge is -2.32. The fraction of sp³-hybridized carbons (Fsp3) is 0.522. The molecule has 0 fully saturated rings. The van der Waals surface area contributed by atoms with Gasteiger partial charge in [-0.15, -0.1) is 13.2 Å². The van der Waals surface area contributed by atoms with Gasteiger partial charge in [0.05, 0.1) is 11.4 Å². The van der Waals surface area contributed by atoms with Gasteiger partial charge < -0.3 is 10.6 Å². The molecular formula is C23H38N4O2S. The van der Waals surface area contributed by atoms with Crippen molar-refractivity contribution in [1.82, 2.24) is 15.5 Å². The number of hydrogen-bond donors (Lipinski definition) is 2. The van der Waals surface area contributed by atoms with E-state index in [0.717, 1.165) is 37.6 Å². The normalized spacial score (nSPS) is 13.3. The maximum absolute atomic E-state index is 11.6. The third-order valence-corrected chi connectivity index (χ3v) is 5.93. The molecule has 0 bridgehead atoms. The molecule has 0 radical (unpaired) electrons. The Bertz CT molecular complexity index is 776. The summed E-state index contributed by atoms with van der Waals surface area (Å²) in [5.74, 6) is 1.23. The van der Waals surface area contributed by atoms with Crippen LogP contribution in [0.4, 0.5) is 0 Å². The van der Waals surface area contributed by atoms with Crippen molar-refractivity contribution in [2.75, 3.05) is 39.0 Å². The van der Waals surface area contributed by atoms with E-state index in [4.69, 9.17) is 4.99 Å². The van der Waals surface area contributed by atoms with Gasteiger partial charge in [-0.05, 0) is 37.0 Å². The van der Waals surface area contributed by atoms with Crippen LogP contribution in [0, 0.1) is 5.92 Å². The smallest absolute Gasteiger partial charge is 0.191 e. The van der Waals surface area contributed by atoms with Gasteiger partial charge in [0.2, 0.25) is 0 Å². The number of rotatable bonds is 13. The topological polar surface area (TPSA) is 73.8 Å². The Morgan fingerprint density at radius 2 is 1.73 bits per heavy atom. The van der Waals surface area contributed by atoms with E-state index >= 15 is 0 Å².